The van der Waals surface area contributed by atoms with Gasteiger partial charge >= 0.3 is 6.09 Å². The van der Waals surface area contributed by atoms with E-state index in [0.29, 0.717) is 25.9 Å². The van der Waals surface area contributed by atoms with Gasteiger partial charge in [0.1, 0.15) is 6.61 Å². The van der Waals surface area contributed by atoms with E-state index in [1.807, 2.05) is 30.3 Å². The summed E-state index contributed by atoms with van der Waals surface area (Å²) in [4.78, 5) is 17.3. The second-order valence-corrected chi connectivity index (χ2v) is 13.4. The van der Waals surface area contributed by atoms with Crippen molar-refractivity contribution in [3.8, 4) is 0 Å². The molecule has 1 aromatic rings. The summed E-state index contributed by atoms with van der Waals surface area (Å²) in [5.74, 6) is 0.739. The fraction of sp³-hybridized carbons (Fsp3) is 0.741. The first-order valence-corrected chi connectivity index (χ1v) is 15.6. The number of carbonyl (C=O) groups excluding carboxylic acids is 1. The minimum absolute atomic E-state index is 0.0523. The van der Waals surface area contributed by atoms with E-state index in [0.717, 1.165) is 63.1 Å². The fourth-order valence-electron chi connectivity index (χ4n) is 6.18. The van der Waals surface area contributed by atoms with Crippen molar-refractivity contribution in [3.63, 3.8) is 0 Å². The van der Waals surface area contributed by atoms with Crippen LogP contribution in [0.3, 0.4) is 0 Å². The molecule has 10 heteroatoms. The number of ether oxygens (including phenoxy) is 1. The summed E-state index contributed by atoms with van der Waals surface area (Å²) < 4.78 is 33.7. The van der Waals surface area contributed by atoms with Crippen molar-refractivity contribution in [3.05, 3.63) is 35.9 Å². The molecule has 4 saturated heterocycles. The number of hydrogen-bond donors (Lipinski definition) is 2. The third-order valence-electron chi connectivity index (χ3n) is 8.75. The Morgan fingerprint density at radius 2 is 1.59 bits per heavy atom. The van der Waals surface area contributed by atoms with Crippen LogP contribution in [0.2, 0.25) is 0 Å². The van der Waals surface area contributed by atoms with Crippen molar-refractivity contribution in [2.45, 2.75) is 62.5 Å². The first kappa shape index (κ1) is 26.9. The van der Waals surface area contributed by atoms with Crippen LogP contribution in [0.4, 0.5) is 4.79 Å². The highest BCUT2D eigenvalue weighted by Gasteiger charge is 2.37. The zero-order valence-corrected chi connectivity index (χ0v) is 22.7. The molecule has 4 aliphatic heterocycles. The van der Waals surface area contributed by atoms with Gasteiger partial charge in [-0.05, 0) is 76.2 Å². The van der Waals surface area contributed by atoms with E-state index in [9.17, 15) is 13.2 Å². The normalized spacial score (nSPS) is 24.5. The standard InChI is InChI=1S/C27H43N5O4S/c33-27(36-21-23-4-2-1-3-5-23)29-24-8-16-32(17-9-24)37(34,35)26-10-12-30(13-11-26)20-22-6-14-31(15-7-22)25-18-28-19-25/h1-5,22,24-26,28H,6-21H2,(H,29,33). The maximum absolute atomic E-state index is 13.3. The summed E-state index contributed by atoms with van der Waals surface area (Å²) in [6, 6.07) is 10.3. The lowest BCUT2D eigenvalue weighted by molar-refractivity contribution is 0.0811. The van der Waals surface area contributed by atoms with E-state index >= 15 is 0 Å². The number of sulfonamides is 1. The molecule has 9 nitrogen and oxygen atoms in total. The molecule has 0 spiro atoms. The van der Waals surface area contributed by atoms with Crippen LogP contribution < -0.4 is 10.6 Å². The predicted molar refractivity (Wildman–Crippen MR) is 144 cm³/mol. The summed E-state index contributed by atoms with van der Waals surface area (Å²) >= 11 is 0. The van der Waals surface area contributed by atoms with Crippen molar-refractivity contribution in [1.29, 1.82) is 0 Å². The van der Waals surface area contributed by atoms with Gasteiger partial charge in [-0.15, -0.1) is 0 Å². The molecule has 1 aromatic carbocycles. The lowest BCUT2D eigenvalue weighted by atomic mass is 9.93. The Morgan fingerprint density at radius 1 is 0.919 bits per heavy atom. The van der Waals surface area contributed by atoms with Gasteiger partial charge in [-0.3, -0.25) is 4.90 Å². The van der Waals surface area contributed by atoms with Crippen LogP contribution in [0.25, 0.3) is 0 Å². The monoisotopic (exact) mass is 533 g/mol. The molecule has 0 aromatic heterocycles. The summed E-state index contributed by atoms with van der Waals surface area (Å²) in [6.07, 6.45) is 4.76. The highest BCUT2D eigenvalue weighted by atomic mass is 32.2. The highest BCUT2D eigenvalue weighted by Crippen LogP contribution is 2.27. The minimum Gasteiger partial charge on any atom is -0.445 e. The molecule has 4 fully saturated rings. The van der Waals surface area contributed by atoms with Crippen LogP contribution in [-0.4, -0.2) is 105 Å². The Kier molecular flexibility index (Phi) is 9.02. The van der Waals surface area contributed by atoms with Gasteiger partial charge in [0, 0.05) is 44.8 Å². The number of nitrogens with one attached hydrogen (secondary N) is 2. The smallest absolute Gasteiger partial charge is 0.407 e. The van der Waals surface area contributed by atoms with Gasteiger partial charge in [0.05, 0.1) is 5.25 Å². The number of hydrogen-bond acceptors (Lipinski definition) is 7. The molecule has 4 aliphatic rings. The van der Waals surface area contributed by atoms with Gasteiger partial charge in [-0.1, -0.05) is 30.3 Å². The molecule has 0 saturated carbocycles. The fourth-order valence-corrected chi connectivity index (χ4v) is 8.13. The lowest BCUT2D eigenvalue weighted by Crippen LogP contribution is -2.59. The van der Waals surface area contributed by atoms with Crippen molar-refractivity contribution in [2.24, 2.45) is 5.92 Å². The molecule has 4 heterocycles. The first-order valence-electron chi connectivity index (χ1n) is 14.1. The van der Waals surface area contributed by atoms with Gasteiger partial charge < -0.3 is 20.3 Å². The van der Waals surface area contributed by atoms with E-state index < -0.39 is 16.1 Å². The van der Waals surface area contributed by atoms with Crippen LogP contribution in [0, 0.1) is 5.92 Å². The Balaban J connectivity index is 0.992. The molecule has 1 amide bonds. The maximum atomic E-state index is 13.3. The molecule has 2 N–H and O–H groups in total. The maximum Gasteiger partial charge on any atom is 0.407 e. The van der Waals surface area contributed by atoms with E-state index in [1.165, 1.54) is 25.9 Å². The van der Waals surface area contributed by atoms with Crippen molar-refractivity contribution < 1.29 is 17.9 Å². The molecule has 5 rings (SSSR count). The second kappa shape index (κ2) is 12.4. The molecular weight excluding hydrogens is 490 g/mol. The zero-order valence-electron chi connectivity index (χ0n) is 21.9. The minimum atomic E-state index is -3.30. The molecule has 0 unspecified atom stereocenters. The molecule has 0 radical (unpaired) electrons. The van der Waals surface area contributed by atoms with Crippen molar-refractivity contribution >= 4 is 16.1 Å². The van der Waals surface area contributed by atoms with Crippen LogP contribution in [0.1, 0.15) is 44.1 Å². The molecule has 0 aliphatic carbocycles. The summed E-state index contributed by atoms with van der Waals surface area (Å²) in [5, 5.41) is 5.99. The van der Waals surface area contributed by atoms with Gasteiger partial charge in [-0.2, -0.15) is 0 Å². The summed E-state index contributed by atoms with van der Waals surface area (Å²) in [5.41, 5.74) is 0.941. The third kappa shape index (κ3) is 7.03. The number of carbonyl (C=O) groups is 1. The number of alkyl carbamates (subject to hydrolysis) is 1. The zero-order chi connectivity index (χ0) is 25.7. The van der Waals surface area contributed by atoms with E-state index in [-0.39, 0.29) is 17.9 Å². The van der Waals surface area contributed by atoms with E-state index in [2.05, 4.69) is 20.4 Å². The Labute approximate surface area is 221 Å². The molecule has 206 valence electrons. The number of piperidine rings is 3. The number of likely N-dealkylation sites (tertiary alicyclic amines) is 2. The molecular formula is C27H43N5O4S. The summed E-state index contributed by atoms with van der Waals surface area (Å²) in [7, 11) is -3.30. The molecule has 0 bridgehead atoms. The van der Waals surface area contributed by atoms with E-state index in [4.69, 9.17) is 4.74 Å². The van der Waals surface area contributed by atoms with Gasteiger partial charge in [0.15, 0.2) is 0 Å². The summed E-state index contributed by atoms with van der Waals surface area (Å²) in [6.45, 7) is 8.71. The Hall–Kier alpha value is -1.72. The number of nitrogens with zero attached hydrogens (tertiary/aromatic N) is 3. The van der Waals surface area contributed by atoms with Crippen LogP contribution in [0.15, 0.2) is 30.3 Å². The molecule has 37 heavy (non-hydrogen) atoms. The number of amides is 1. The van der Waals surface area contributed by atoms with E-state index in [1.54, 1.807) is 4.31 Å². The number of rotatable bonds is 8. The van der Waals surface area contributed by atoms with Gasteiger partial charge in [-0.25, -0.2) is 17.5 Å². The van der Waals surface area contributed by atoms with Crippen molar-refractivity contribution in [2.75, 3.05) is 58.9 Å². The van der Waals surface area contributed by atoms with Crippen LogP contribution >= 0.6 is 0 Å². The quantitative estimate of drug-likeness (QED) is 0.527. The first-order chi connectivity index (χ1) is 18.0. The Bertz CT molecular complexity index is 966. The SMILES string of the molecule is O=C(NC1CCN(S(=O)(=O)C2CCN(CC3CCN(C4CNC4)CC3)CC2)CC1)OCc1ccccc1. The predicted octanol–water partition coefficient (Wildman–Crippen LogP) is 1.86. The second-order valence-electron chi connectivity index (χ2n) is 11.2. The molecule has 0 atom stereocenters. The number of benzene rings is 1. The van der Waals surface area contributed by atoms with Crippen LogP contribution in [-0.2, 0) is 21.4 Å². The highest BCUT2D eigenvalue weighted by molar-refractivity contribution is 7.89. The largest absolute Gasteiger partial charge is 0.445 e. The Morgan fingerprint density at radius 3 is 2.22 bits per heavy atom. The van der Waals surface area contributed by atoms with Crippen LogP contribution in [0.5, 0.6) is 0 Å². The third-order valence-corrected chi connectivity index (χ3v) is 11.1. The average Bonchev–Trinajstić information content (AvgIpc) is 2.89. The van der Waals surface area contributed by atoms with Gasteiger partial charge in [0.25, 0.3) is 0 Å². The van der Waals surface area contributed by atoms with Gasteiger partial charge in [0.2, 0.25) is 10.0 Å². The average molecular weight is 534 g/mol. The topological polar surface area (TPSA) is 94.2 Å². The van der Waals surface area contributed by atoms with Crippen molar-refractivity contribution in [1.82, 2.24) is 24.7 Å². The lowest BCUT2D eigenvalue weighted by Gasteiger charge is -2.43.